The van der Waals surface area contributed by atoms with Crippen molar-refractivity contribution in [1.29, 1.82) is 0 Å². The summed E-state index contributed by atoms with van der Waals surface area (Å²) in [7, 11) is 0. The highest BCUT2D eigenvalue weighted by Gasteiger charge is 2.24. The zero-order valence-corrected chi connectivity index (χ0v) is 18.3. The van der Waals surface area contributed by atoms with Crippen molar-refractivity contribution in [2.45, 2.75) is 0 Å². The van der Waals surface area contributed by atoms with E-state index in [-0.39, 0.29) is 24.3 Å². The largest absolute Gasteiger partial charge is 0.335 e. The average Bonchev–Trinajstić information content (AvgIpc) is 3.35. The van der Waals surface area contributed by atoms with Gasteiger partial charge in [0.2, 0.25) is 5.91 Å². The molecule has 32 heavy (non-hydrogen) atoms. The second-order valence-corrected chi connectivity index (χ2v) is 8.41. The Morgan fingerprint density at radius 1 is 0.812 bits per heavy atom. The van der Waals surface area contributed by atoms with E-state index in [9.17, 15) is 14.4 Å². The third kappa shape index (κ3) is 5.40. The minimum absolute atomic E-state index is 0.0439. The first-order chi connectivity index (χ1) is 15.6. The number of amides is 3. The highest BCUT2D eigenvalue weighted by Crippen LogP contribution is 2.18. The Balaban J connectivity index is 1.31. The van der Waals surface area contributed by atoms with Crippen molar-refractivity contribution in [2.75, 3.05) is 43.4 Å². The van der Waals surface area contributed by atoms with Crippen LogP contribution in [0.25, 0.3) is 0 Å². The molecule has 4 rings (SSSR count). The predicted molar refractivity (Wildman–Crippen MR) is 126 cm³/mol. The third-order valence-corrected chi connectivity index (χ3v) is 6.09. The molecule has 1 aliphatic heterocycles. The van der Waals surface area contributed by atoms with Crippen molar-refractivity contribution < 1.29 is 14.4 Å². The van der Waals surface area contributed by atoms with Crippen LogP contribution in [-0.2, 0) is 4.79 Å². The molecule has 7 nitrogen and oxygen atoms in total. The highest BCUT2D eigenvalue weighted by molar-refractivity contribution is 7.12. The number of hydrogen-bond donors (Lipinski definition) is 2. The van der Waals surface area contributed by atoms with Crippen molar-refractivity contribution in [3.63, 3.8) is 0 Å². The maximum Gasteiger partial charge on any atom is 0.264 e. The molecule has 0 aliphatic carbocycles. The number of thiophene rings is 1. The predicted octanol–water partition coefficient (Wildman–Crippen LogP) is 3.40. The number of anilines is 2. The first kappa shape index (κ1) is 21.7. The van der Waals surface area contributed by atoms with E-state index < -0.39 is 0 Å². The maximum absolute atomic E-state index is 12.7. The van der Waals surface area contributed by atoms with Crippen LogP contribution in [0.15, 0.2) is 72.1 Å². The van der Waals surface area contributed by atoms with Gasteiger partial charge in [-0.2, -0.15) is 0 Å². The topological polar surface area (TPSA) is 81.8 Å². The summed E-state index contributed by atoms with van der Waals surface area (Å²) in [5.41, 5.74) is 1.56. The highest BCUT2D eigenvalue weighted by atomic mass is 32.1. The maximum atomic E-state index is 12.7. The number of piperazine rings is 1. The first-order valence-corrected chi connectivity index (χ1v) is 11.3. The van der Waals surface area contributed by atoms with Crippen LogP contribution < -0.4 is 10.6 Å². The number of para-hydroxylation sites is 2. The molecule has 3 amide bonds. The van der Waals surface area contributed by atoms with E-state index in [4.69, 9.17) is 0 Å². The number of rotatable bonds is 6. The summed E-state index contributed by atoms with van der Waals surface area (Å²) >= 11 is 1.44. The van der Waals surface area contributed by atoms with Crippen LogP contribution in [0.4, 0.5) is 11.4 Å². The van der Waals surface area contributed by atoms with E-state index in [0.717, 1.165) is 4.88 Å². The summed E-state index contributed by atoms with van der Waals surface area (Å²) < 4.78 is 0. The molecule has 3 aromatic rings. The second-order valence-electron chi connectivity index (χ2n) is 7.46. The van der Waals surface area contributed by atoms with Crippen molar-refractivity contribution in [3.8, 4) is 0 Å². The first-order valence-electron chi connectivity index (χ1n) is 10.4. The zero-order valence-electron chi connectivity index (χ0n) is 17.5. The van der Waals surface area contributed by atoms with Crippen LogP contribution in [0.5, 0.6) is 0 Å². The normalized spacial score (nSPS) is 14.1. The summed E-state index contributed by atoms with van der Waals surface area (Å²) in [6.45, 7) is 2.62. The average molecular weight is 449 g/mol. The van der Waals surface area contributed by atoms with Gasteiger partial charge < -0.3 is 15.5 Å². The van der Waals surface area contributed by atoms with Crippen molar-refractivity contribution in [2.24, 2.45) is 0 Å². The van der Waals surface area contributed by atoms with Gasteiger partial charge in [0, 0.05) is 31.9 Å². The van der Waals surface area contributed by atoms with E-state index >= 15 is 0 Å². The number of carbonyl (C=O) groups excluding carboxylic acids is 3. The fourth-order valence-corrected chi connectivity index (χ4v) is 4.26. The summed E-state index contributed by atoms with van der Waals surface area (Å²) in [5, 5.41) is 7.60. The number of nitrogens with zero attached hydrogens (tertiary/aromatic N) is 2. The molecular formula is C24H24N4O3S. The molecule has 0 unspecified atom stereocenters. The monoisotopic (exact) mass is 448 g/mol. The van der Waals surface area contributed by atoms with E-state index in [1.165, 1.54) is 11.3 Å². The smallest absolute Gasteiger partial charge is 0.264 e. The van der Waals surface area contributed by atoms with Crippen LogP contribution in [0.3, 0.4) is 0 Å². The van der Waals surface area contributed by atoms with Crippen molar-refractivity contribution in [1.82, 2.24) is 9.80 Å². The van der Waals surface area contributed by atoms with Gasteiger partial charge in [-0.15, -0.1) is 11.3 Å². The molecule has 164 valence electrons. The Morgan fingerprint density at radius 3 is 2.25 bits per heavy atom. The Morgan fingerprint density at radius 2 is 1.53 bits per heavy atom. The lowest BCUT2D eigenvalue weighted by atomic mass is 10.1. The number of benzene rings is 2. The minimum atomic E-state index is -0.284. The Kier molecular flexibility index (Phi) is 6.94. The summed E-state index contributed by atoms with van der Waals surface area (Å²) in [6.07, 6.45) is 0. The quantitative estimate of drug-likeness (QED) is 0.606. The lowest BCUT2D eigenvalue weighted by Gasteiger charge is -2.34. The molecule has 0 bridgehead atoms. The van der Waals surface area contributed by atoms with Gasteiger partial charge in [0.15, 0.2) is 0 Å². The van der Waals surface area contributed by atoms with Crippen LogP contribution in [0.1, 0.15) is 20.0 Å². The molecule has 1 saturated heterocycles. The van der Waals surface area contributed by atoms with E-state index in [0.29, 0.717) is 43.1 Å². The Bertz CT molecular complexity index is 1080. The second kappa shape index (κ2) is 10.2. The molecule has 0 atom stereocenters. The molecule has 0 spiro atoms. The molecule has 8 heteroatoms. The molecule has 0 saturated carbocycles. The van der Waals surface area contributed by atoms with Gasteiger partial charge in [0.1, 0.15) is 0 Å². The number of carbonyl (C=O) groups is 3. The standard InChI is InChI=1S/C24H24N4O3S/c29-22(17-27-12-14-28(15-13-27)24(31)21-11-6-16-32-21)26-20-10-5-4-9-19(20)23(30)25-18-7-2-1-3-8-18/h1-11,16H,12-15,17H2,(H,25,30)(H,26,29). The van der Waals surface area contributed by atoms with Gasteiger partial charge in [-0.3, -0.25) is 19.3 Å². The van der Waals surface area contributed by atoms with Gasteiger partial charge in [-0.1, -0.05) is 36.4 Å². The molecule has 2 N–H and O–H groups in total. The van der Waals surface area contributed by atoms with Crippen LogP contribution in [-0.4, -0.2) is 60.2 Å². The van der Waals surface area contributed by atoms with Crippen LogP contribution in [0.2, 0.25) is 0 Å². The van der Waals surface area contributed by atoms with E-state index in [1.54, 1.807) is 24.3 Å². The molecule has 1 aromatic heterocycles. The SMILES string of the molecule is O=C(CN1CCN(C(=O)c2cccs2)CC1)Nc1ccccc1C(=O)Nc1ccccc1. The Labute approximate surface area is 190 Å². The number of nitrogens with one attached hydrogen (secondary N) is 2. The molecule has 1 aliphatic rings. The van der Waals surface area contributed by atoms with Gasteiger partial charge >= 0.3 is 0 Å². The van der Waals surface area contributed by atoms with Gasteiger partial charge in [-0.05, 0) is 35.7 Å². The van der Waals surface area contributed by atoms with Crippen LogP contribution in [0, 0.1) is 0 Å². The van der Waals surface area contributed by atoms with Gasteiger partial charge in [0.05, 0.1) is 22.7 Å². The van der Waals surface area contributed by atoms with Crippen molar-refractivity contribution in [3.05, 3.63) is 82.6 Å². The van der Waals surface area contributed by atoms with Crippen molar-refractivity contribution >= 4 is 40.4 Å². The fraction of sp³-hybridized carbons (Fsp3) is 0.208. The molecule has 2 heterocycles. The summed E-state index contributed by atoms with van der Waals surface area (Å²) in [5.74, 6) is -0.432. The summed E-state index contributed by atoms with van der Waals surface area (Å²) in [4.78, 5) is 42.4. The van der Waals surface area contributed by atoms with Gasteiger partial charge in [0.25, 0.3) is 11.8 Å². The molecule has 1 fully saturated rings. The van der Waals surface area contributed by atoms with E-state index in [1.807, 2.05) is 57.6 Å². The van der Waals surface area contributed by atoms with E-state index in [2.05, 4.69) is 10.6 Å². The minimum Gasteiger partial charge on any atom is -0.335 e. The molecular weight excluding hydrogens is 424 g/mol. The summed E-state index contributed by atoms with van der Waals surface area (Å²) in [6, 6.07) is 19.8. The third-order valence-electron chi connectivity index (χ3n) is 5.24. The Hall–Kier alpha value is -3.49. The molecule has 0 radical (unpaired) electrons. The molecule has 2 aromatic carbocycles. The fourth-order valence-electron chi connectivity index (χ4n) is 3.57. The lowest BCUT2D eigenvalue weighted by Crippen LogP contribution is -2.50. The lowest BCUT2D eigenvalue weighted by molar-refractivity contribution is -0.117. The van der Waals surface area contributed by atoms with Crippen LogP contribution >= 0.6 is 11.3 Å². The zero-order chi connectivity index (χ0) is 22.3. The number of hydrogen-bond acceptors (Lipinski definition) is 5. The van der Waals surface area contributed by atoms with Gasteiger partial charge in [-0.25, -0.2) is 0 Å².